The Morgan fingerprint density at radius 2 is 1.60 bits per heavy atom. The second-order valence-electron chi connectivity index (χ2n) is 4.04. The summed E-state index contributed by atoms with van der Waals surface area (Å²) in [4.78, 5) is 0. The lowest BCUT2D eigenvalue weighted by atomic mass is 10.3. The lowest BCUT2D eigenvalue weighted by molar-refractivity contribution is -0.867. The van der Waals surface area contributed by atoms with E-state index in [2.05, 4.69) is 21.1 Å². The van der Waals surface area contributed by atoms with Crippen LogP contribution in [0.4, 0.5) is 0 Å². The topological polar surface area (TPSA) is 20.2 Å². The molecule has 0 heterocycles. The molecule has 0 aromatic heterocycles. The van der Waals surface area contributed by atoms with Crippen LogP contribution < -0.4 is 12.4 Å². The number of benzene rings is 1. The van der Waals surface area contributed by atoms with Crippen LogP contribution in [0.25, 0.3) is 0 Å². The molecule has 0 aliphatic carbocycles. The highest BCUT2D eigenvalue weighted by molar-refractivity contribution is 6.17. The van der Waals surface area contributed by atoms with Crippen molar-refractivity contribution < 1.29 is 22.0 Å². The Bertz CT molecular complexity index is 234. The number of para-hydroxylation sites is 1. The molecule has 1 N–H and O–H groups in total. The normalized spacial score (nSPS) is 9.60. The molecule has 1 aromatic carbocycles. The fraction of sp³-hybridized carbons (Fsp3) is 0.455. The van der Waals surface area contributed by atoms with Gasteiger partial charge in [0.25, 0.3) is 0 Å². The van der Waals surface area contributed by atoms with E-state index in [1.165, 1.54) is 0 Å². The Hall–Kier alpha value is -0.440. The fourth-order valence-electron chi connectivity index (χ4n) is 0.682. The largest absolute Gasteiger partial charge is 1.00 e. The molecule has 15 heavy (non-hydrogen) atoms. The monoisotopic (exact) mass is 251 g/mol. The summed E-state index contributed by atoms with van der Waals surface area (Å²) < 4.78 is 0.962. The molecule has 0 aliphatic heterocycles. The highest BCUT2D eigenvalue weighted by Crippen LogP contribution is 2.02. The van der Waals surface area contributed by atoms with Crippen LogP contribution in [0.1, 0.15) is 0 Å². The van der Waals surface area contributed by atoms with Crippen LogP contribution in [-0.2, 0) is 0 Å². The second kappa shape index (κ2) is 8.84. The van der Waals surface area contributed by atoms with E-state index in [4.69, 9.17) is 16.7 Å². The van der Waals surface area contributed by atoms with E-state index < -0.39 is 0 Å². The van der Waals surface area contributed by atoms with Gasteiger partial charge in [0.2, 0.25) is 0 Å². The SMILES string of the molecule is C[N+](C)(C)CCCl.Oc1ccccc1.[Cl-]. The van der Waals surface area contributed by atoms with E-state index in [9.17, 15) is 0 Å². The van der Waals surface area contributed by atoms with Gasteiger partial charge in [0, 0.05) is 0 Å². The number of quaternary nitrogens is 1. The number of hydrogen-bond acceptors (Lipinski definition) is 1. The van der Waals surface area contributed by atoms with Crippen molar-refractivity contribution in [2.45, 2.75) is 0 Å². The molecule has 0 amide bonds. The Morgan fingerprint density at radius 1 is 1.13 bits per heavy atom. The fourth-order valence-corrected chi connectivity index (χ4v) is 1.19. The number of phenolic OH excluding ortho intramolecular Hbond substituents is 1. The zero-order valence-electron chi connectivity index (χ0n) is 9.45. The zero-order valence-corrected chi connectivity index (χ0v) is 11.0. The Balaban J connectivity index is 0. The van der Waals surface area contributed by atoms with Crippen molar-refractivity contribution >= 4 is 11.6 Å². The average molecular weight is 252 g/mol. The highest BCUT2D eigenvalue weighted by Gasteiger charge is 2.02. The Labute approximate surface area is 103 Å². The number of phenols is 1. The van der Waals surface area contributed by atoms with Crippen molar-refractivity contribution in [2.24, 2.45) is 0 Å². The second-order valence-corrected chi connectivity index (χ2v) is 4.42. The average Bonchev–Trinajstić information content (AvgIpc) is 2.04. The predicted molar refractivity (Wildman–Crippen MR) is 61.7 cm³/mol. The lowest BCUT2D eigenvalue weighted by Crippen LogP contribution is -3.00. The number of hydrogen-bond donors (Lipinski definition) is 1. The van der Waals surface area contributed by atoms with Crippen LogP contribution >= 0.6 is 11.6 Å². The first kappa shape index (κ1) is 17.0. The first-order valence-corrected chi connectivity index (χ1v) is 5.09. The van der Waals surface area contributed by atoms with Gasteiger partial charge in [-0.3, -0.25) is 0 Å². The zero-order chi connectivity index (χ0) is 11.0. The van der Waals surface area contributed by atoms with Gasteiger partial charge in [-0.25, -0.2) is 0 Å². The molecule has 0 radical (unpaired) electrons. The summed E-state index contributed by atoms with van der Waals surface area (Å²) in [5, 5.41) is 8.63. The molecule has 4 heteroatoms. The molecular weight excluding hydrogens is 233 g/mol. The van der Waals surface area contributed by atoms with Crippen LogP contribution in [0.5, 0.6) is 5.75 Å². The first-order chi connectivity index (χ1) is 6.45. The van der Waals surface area contributed by atoms with E-state index in [0.717, 1.165) is 16.9 Å². The van der Waals surface area contributed by atoms with E-state index in [0.29, 0.717) is 5.75 Å². The first-order valence-electron chi connectivity index (χ1n) is 4.56. The molecule has 88 valence electrons. The van der Waals surface area contributed by atoms with Gasteiger partial charge < -0.3 is 22.0 Å². The van der Waals surface area contributed by atoms with Crippen molar-refractivity contribution in [2.75, 3.05) is 33.6 Å². The number of rotatable bonds is 2. The summed E-state index contributed by atoms with van der Waals surface area (Å²) >= 11 is 5.47. The number of aromatic hydroxyl groups is 1. The van der Waals surface area contributed by atoms with E-state index in [1.54, 1.807) is 24.3 Å². The quantitative estimate of drug-likeness (QED) is 0.546. The molecule has 0 unspecified atom stereocenters. The van der Waals surface area contributed by atoms with Gasteiger partial charge in [0.15, 0.2) is 0 Å². The third kappa shape index (κ3) is 13.6. The molecule has 1 rings (SSSR count). The summed E-state index contributed by atoms with van der Waals surface area (Å²) in [7, 11) is 6.38. The Morgan fingerprint density at radius 3 is 1.73 bits per heavy atom. The van der Waals surface area contributed by atoms with Crippen LogP contribution in [-0.4, -0.2) is 43.2 Å². The molecule has 1 aromatic rings. The number of alkyl halides is 1. The third-order valence-electron chi connectivity index (χ3n) is 1.51. The van der Waals surface area contributed by atoms with Gasteiger partial charge in [0.1, 0.15) is 5.75 Å². The summed E-state index contributed by atoms with van der Waals surface area (Å²) in [5.74, 6) is 1.08. The minimum absolute atomic E-state index is 0. The molecule has 0 aliphatic rings. The molecule has 0 spiro atoms. The van der Waals surface area contributed by atoms with Gasteiger partial charge >= 0.3 is 0 Å². The van der Waals surface area contributed by atoms with Gasteiger partial charge in [0.05, 0.1) is 33.6 Å². The molecule has 0 bridgehead atoms. The van der Waals surface area contributed by atoms with Crippen molar-refractivity contribution in [3.05, 3.63) is 30.3 Å². The van der Waals surface area contributed by atoms with Crippen molar-refractivity contribution in [1.82, 2.24) is 0 Å². The summed E-state index contributed by atoms with van der Waals surface area (Å²) in [6, 6.07) is 8.71. The maximum Gasteiger partial charge on any atom is 0.115 e. The molecule has 0 saturated carbocycles. The van der Waals surface area contributed by atoms with Crippen molar-refractivity contribution in [1.29, 1.82) is 0 Å². The van der Waals surface area contributed by atoms with Gasteiger partial charge in [-0.15, -0.1) is 11.6 Å². The minimum Gasteiger partial charge on any atom is -1.00 e. The number of halogens is 2. The van der Waals surface area contributed by atoms with Crippen molar-refractivity contribution in [3.8, 4) is 5.75 Å². The van der Waals surface area contributed by atoms with Crippen LogP contribution in [0.15, 0.2) is 30.3 Å². The molecular formula is C11H19Cl2NO. The summed E-state index contributed by atoms with van der Waals surface area (Å²) in [6.45, 7) is 1.04. The van der Waals surface area contributed by atoms with Crippen molar-refractivity contribution in [3.63, 3.8) is 0 Å². The van der Waals surface area contributed by atoms with E-state index in [-0.39, 0.29) is 12.4 Å². The van der Waals surface area contributed by atoms with Gasteiger partial charge in [-0.2, -0.15) is 0 Å². The van der Waals surface area contributed by atoms with Crippen LogP contribution in [0.2, 0.25) is 0 Å². The van der Waals surface area contributed by atoms with Crippen LogP contribution in [0, 0.1) is 0 Å². The van der Waals surface area contributed by atoms with Crippen LogP contribution in [0.3, 0.4) is 0 Å². The summed E-state index contributed by atoms with van der Waals surface area (Å²) in [5.41, 5.74) is 0. The van der Waals surface area contributed by atoms with E-state index in [1.807, 2.05) is 6.07 Å². The summed E-state index contributed by atoms with van der Waals surface area (Å²) in [6.07, 6.45) is 0. The standard InChI is InChI=1S/C6H6O.C5H13ClN.ClH/c7-6-4-2-1-3-5-6;1-7(2,3)5-4-6;/h1-5,7H;4-5H2,1-3H3;1H/q;+1;/p-1. The minimum atomic E-state index is 0. The molecule has 0 fully saturated rings. The molecule has 0 atom stereocenters. The maximum absolute atomic E-state index is 8.63. The smallest absolute Gasteiger partial charge is 0.115 e. The Kier molecular flexibility index (Phi) is 10.00. The lowest BCUT2D eigenvalue weighted by Gasteiger charge is -2.21. The highest BCUT2D eigenvalue weighted by atomic mass is 35.5. The predicted octanol–water partition coefficient (Wildman–Crippen LogP) is -0.672. The van der Waals surface area contributed by atoms with E-state index >= 15 is 0 Å². The van der Waals surface area contributed by atoms with Gasteiger partial charge in [-0.1, -0.05) is 18.2 Å². The van der Waals surface area contributed by atoms with Gasteiger partial charge in [-0.05, 0) is 12.1 Å². The molecule has 2 nitrogen and oxygen atoms in total. The number of nitrogens with zero attached hydrogens (tertiary/aromatic N) is 1. The maximum atomic E-state index is 8.63. The molecule has 0 saturated heterocycles. The third-order valence-corrected chi connectivity index (χ3v) is 1.68.